The number of halogens is 1. The molecule has 0 aliphatic rings. The molecule has 0 bridgehead atoms. The molecule has 0 aliphatic carbocycles. The van der Waals surface area contributed by atoms with Crippen molar-refractivity contribution in [2.45, 2.75) is 20.8 Å². The molecule has 5 nitrogen and oxygen atoms in total. The molecule has 1 amide bonds. The van der Waals surface area contributed by atoms with Gasteiger partial charge in [-0.25, -0.2) is 4.98 Å². The summed E-state index contributed by atoms with van der Waals surface area (Å²) in [5.41, 5.74) is 6.04. The molecule has 4 aromatic rings. The van der Waals surface area contributed by atoms with E-state index in [2.05, 4.69) is 40.1 Å². The number of fused-ring (bicyclic) bond motifs is 1. The molecule has 0 aliphatic heterocycles. The monoisotopic (exact) mass is 464 g/mol. The molecule has 4 rings (SSSR count). The fourth-order valence-electron chi connectivity index (χ4n) is 3.12. The lowest BCUT2D eigenvalue weighted by atomic mass is 10.1. The van der Waals surface area contributed by atoms with E-state index in [1.165, 1.54) is 11.1 Å². The number of rotatable bonds is 5. The van der Waals surface area contributed by atoms with Crippen LogP contribution in [-0.2, 0) is 0 Å². The average molecular weight is 465 g/mol. The third-order valence-electron chi connectivity index (χ3n) is 4.89. The normalized spacial score (nSPS) is 10.9. The molecular formula is C24H21BrN2O3. The topological polar surface area (TPSA) is 64.4 Å². The summed E-state index contributed by atoms with van der Waals surface area (Å²) in [7, 11) is 0. The van der Waals surface area contributed by atoms with Crippen molar-refractivity contribution in [3.8, 4) is 17.2 Å². The molecule has 3 aromatic carbocycles. The maximum atomic E-state index is 12.6. The first-order chi connectivity index (χ1) is 14.4. The largest absolute Gasteiger partial charge is 0.493 e. The van der Waals surface area contributed by atoms with Crippen LogP contribution in [0.15, 0.2) is 63.5 Å². The number of hydrogen-bond donors (Lipinski definition) is 1. The number of aryl methyl sites for hydroxylation is 2. The first-order valence-corrected chi connectivity index (χ1v) is 10.5. The standard InChI is InChI=1S/C24H21BrN2O3/c1-4-29-21-10-7-17(13-19(21)25)23(28)26-18-8-5-16(6-9-18)24-27-20-11-14(2)15(3)12-22(20)30-24/h5-13H,4H2,1-3H3,(H,26,28). The summed E-state index contributed by atoms with van der Waals surface area (Å²) < 4.78 is 12.1. The van der Waals surface area contributed by atoms with Crippen molar-refractivity contribution in [1.29, 1.82) is 0 Å². The van der Waals surface area contributed by atoms with Crippen molar-refractivity contribution in [1.82, 2.24) is 4.98 Å². The first kappa shape index (κ1) is 20.2. The van der Waals surface area contributed by atoms with Crippen LogP contribution in [0.4, 0.5) is 5.69 Å². The second-order valence-corrected chi connectivity index (χ2v) is 7.89. The maximum absolute atomic E-state index is 12.6. The van der Waals surface area contributed by atoms with Crippen molar-refractivity contribution in [3.63, 3.8) is 0 Å². The fourth-order valence-corrected chi connectivity index (χ4v) is 3.61. The van der Waals surface area contributed by atoms with Crippen LogP contribution in [0.1, 0.15) is 28.4 Å². The summed E-state index contributed by atoms with van der Waals surface area (Å²) in [5, 5.41) is 2.91. The van der Waals surface area contributed by atoms with E-state index in [-0.39, 0.29) is 5.91 Å². The van der Waals surface area contributed by atoms with Crippen LogP contribution in [0, 0.1) is 13.8 Å². The van der Waals surface area contributed by atoms with E-state index in [0.29, 0.717) is 29.5 Å². The van der Waals surface area contributed by atoms with Crippen LogP contribution in [-0.4, -0.2) is 17.5 Å². The smallest absolute Gasteiger partial charge is 0.255 e. The van der Waals surface area contributed by atoms with E-state index in [1.54, 1.807) is 18.2 Å². The van der Waals surface area contributed by atoms with Crippen molar-refractivity contribution in [3.05, 3.63) is 75.8 Å². The molecule has 0 unspecified atom stereocenters. The van der Waals surface area contributed by atoms with Gasteiger partial charge in [0.1, 0.15) is 11.3 Å². The van der Waals surface area contributed by atoms with Gasteiger partial charge in [-0.1, -0.05) is 0 Å². The first-order valence-electron chi connectivity index (χ1n) is 9.66. The number of benzene rings is 3. The van der Waals surface area contributed by atoms with Gasteiger partial charge in [-0.05, 0) is 102 Å². The minimum atomic E-state index is -0.195. The van der Waals surface area contributed by atoms with Gasteiger partial charge in [-0.3, -0.25) is 4.79 Å². The van der Waals surface area contributed by atoms with Crippen LogP contribution < -0.4 is 10.1 Å². The number of carbonyl (C=O) groups excluding carboxylic acids is 1. The van der Waals surface area contributed by atoms with E-state index >= 15 is 0 Å². The van der Waals surface area contributed by atoms with Crippen LogP contribution in [0.3, 0.4) is 0 Å². The molecule has 30 heavy (non-hydrogen) atoms. The number of nitrogens with zero attached hydrogens (tertiary/aromatic N) is 1. The molecule has 0 spiro atoms. The zero-order valence-corrected chi connectivity index (χ0v) is 18.5. The van der Waals surface area contributed by atoms with Gasteiger partial charge < -0.3 is 14.5 Å². The SMILES string of the molecule is CCOc1ccc(C(=O)Nc2ccc(-c3nc4cc(C)c(C)cc4o3)cc2)cc1Br. The lowest BCUT2D eigenvalue weighted by Crippen LogP contribution is -2.11. The van der Waals surface area contributed by atoms with E-state index in [1.807, 2.05) is 43.3 Å². The summed E-state index contributed by atoms with van der Waals surface area (Å²) in [6.07, 6.45) is 0. The summed E-state index contributed by atoms with van der Waals surface area (Å²) in [5.74, 6) is 1.07. The molecule has 0 saturated carbocycles. The summed E-state index contributed by atoms with van der Waals surface area (Å²) in [6.45, 7) is 6.59. The Hall–Kier alpha value is -3.12. The highest BCUT2D eigenvalue weighted by atomic mass is 79.9. The van der Waals surface area contributed by atoms with Gasteiger partial charge in [0.05, 0.1) is 11.1 Å². The van der Waals surface area contributed by atoms with Crippen LogP contribution in [0.5, 0.6) is 5.75 Å². The Balaban J connectivity index is 1.51. The minimum Gasteiger partial charge on any atom is -0.493 e. The molecule has 0 atom stereocenters. The van der Waals surface area contributed by atoms with Crippen molar-refractivity contribution < 1.29 is 13.9 Å². The van der Waals surface area contributed by atoms with Crippen molar-refractivity contribution >= 4 is 38.6 Å². The molecule has 0 saturated heterocycles. The molecule has 1 aromatic heterocycles. The molecule has 0 radical (unpaired) electrons. The second kappa shape index (κ2) is 8.32. The highest BCUT2D eigenvalue weighted by Gasteiger charge is 2.12. The Morgan fingerprint density at radius 2 is 1.80 bits per heavy atom. The van der Waals surface area contributed by atoms with Gasteiger partial charge in [-0.15, -0.1) is 0 Å². The Labute approximate surface area is 183 Å². The van der Waals surface area contributed by atoms with Crippen molar-refractivity contribution in [2.75, 3.05) is 11.9 Å². The Kier molecular flexibility index (Phi) is 5.59. The zero-order chi connectivity index (χ0) is 21.3. The lowest BCUT2D eigenvalue weighted by molar-refractivity contribution is 0.102. The number of anilines is 1. The van der Waals surface area contributed by atoms with Crippen LogP contribution in [0.25, 0.3) is 22.6 Å². The Bertz CT molecular complexity index is 1190. The highest BCUT2D eigenvalue weighted by molar-refractivity contribution is 9.10. The van der Waals surface area contributed by atoms with E-state index in [4.69, 9.17) is 9.15 Å². The summed E-state index contributed by atoms with van der Waals surface area (Å²) >= 11 is 3.44. The molecule has 6 heteroatoms. The molecule has 1 heterocycles. The predicted molar refractivity (Wildman–Crippen MR) is 122 cm³/mol. The van der Waals surface area contributed by atoms with Gasteiger partial charge in [0.2, 0.25) is 5.89 Å². The number of amides is 1. The van der Waals surface area contributed by atoms with Gasteiger partial charge in [0, 0.05) is 16.8 Å². The Morgan fingerprint density at radius 3 is 2.50 bits per heavy atom. The maximum Gasteiger partial charge on any atom is 0.255 e. The van der Waals surface area contributed by atoms with Gasteiger partial charge in [0.25, 0.3) is 5.91 Å². The predicted octanol–water partition coefficient (Wildman–Crippen LogP) is 6.53. The van der Waals surface area contributed by atoms with E-state index < -0.39 is 0 Å². The molecule has 152 valence electrons. The van der Waals surface area contributed by atoms with E-state index in [9.17, 15) is 4.79 Å². The van der Waals surface area contributed by atoms with Crippen LogP contribution >= 0.6 is 15.9 Å². The Morgan fingerprint density at radius 1 is 1.07 bits per heavy atom. The number of carbonyl (C=O) groups is 1. The van der Waals surface area contributed by atoms with Crippen molar-refractivity contribution in [2.24, 2.45) is 0 Å². The van der Waals surface area contributed by atoms with Crippen LogP contribution in [0.2, 0.25) is 0 Å². The lowest BCUT2D eigenvalue weighted by Gasteiger charge is -2.09. The van der Waals surface area contributed by atoms with Gasteiger partial charge in [-0.2, -0.15) is 0 Å². The third kappa shape index (κ3) is 4.09. The number of hydrogen-bond acceptors (Lipinski definition) is 4. The number of aromatic nitrogens is 1. The molecule has 1 N–H and O–H groups in total. The zero-order valence-electron chi connectivity index (χ0n) is 17.0. The minimum absolute atomic E-state index is 0.195. The average Bonchev–Trinajstić information content (AvgIpc) is 3.13. The molecular weight excluding hydrogens is 444 g/mol. The second-order valence-electron chi connectivity index (χ2n) is 7.03. The van der Waals surface area contributed by atoms with E-state index in [0.717, 1.165) is 21.1 Å². The summed E-state index contributed by atoms with van der Waals surface area (Å²) in [6, 6.07) is 16.7. The summed E-state index contributed by atoms with van der Waals surface area (Å²) in [4.78, 5) is 17.2. The number of nitrogens with one attached hydrogen (secondary N) is 1. The van der Waals surface area contributed by atoms with Gasteiger partial charge in [0.15, 0.2) is 5.58 Å². The quantitative estimate of drug-likeness (QED) is 0.364. The highest BCUT2D eigenvalue weighted by Crippen LogP contribution is 2.28. The number of oxazole rings is 1. The number of ether oxygens (including phenoxy) is 1. The fraction of sp³-hybridized carbons (Fsp3) is 0.167. The third-order valence-corrected chi connectivity index (χ3v) is 5.51. The van der Waals surface area contributed by atoms with Gasteiger partial charge >= 0.3 is 0 Å². The molecule has 0 fully saturated rings.